The Hall–Kier alpha value is -3.52. The van der Waals surface area contributed by atoms with E-state index in [1.807, 2.05) is 34.9 Å². The molecule has 2 bridgehead atoms. The first kappa shape index (κ1) is 28.6. The first-order valence-corrected chi connectivity index (χ1v) is 15.6. The van der Waals surface area contributed by atoms with Crippen LogP contribution in [-0.4, -0.2) is 51.6 Å². The van der Waals surface area contributed by atoms with Crippen molar-refractivity contribution in [2.24, 2.45) is 0 Å². The van der Waals surface area contributed by atoms with Crippen molar-refractivity contribution >= 4 is 22.9 Å². The first-order valence-electron chi connectivity index (χ1n) is 15.6. The van der Waals surface area contributed by atoms with Crippen LogP contribution < -0.4 is 10.9 Å². The summed E-state index contributed by atoms with van der Waals surface area (Å²) in [7, 11) is 1.28. The van der Waals surface area contributed by atoms with Gasteiger partial charge in [-0.1, -0.05) is 74.6 Å². The van der Waals surface area contributed by atoms with Crippen LogP contribution in [0.1, 0.15) is 99.6 Å². The number of esters is 1. The number of piperidine rings is 1. The largest absolute Gasteiger partial charge is 0.467 e. The van der Waals surface area contributed by atoms with Gasteiger partial charge >= 0.3 is 5.97 Å². The fraction of sp³-hybridized carbons (Fsp3) is 0.529. The second-order valence-electron chi connectivity index (χ2n) is 12.7. The van der Waals surface area contributed by atoms with Gasteiger partial charge in [0.2, 0.25) is 0 Å². The molecule has 42 heavy (non-hydrogen) atoms. The van der Waals surface area contributed by atoms with Gasteiger partial charge in [-0.2, -0.15) is 0 Å². The van der Waals surface area contributed by atoms with E-state index in [0.717, 1.165) is 31.2 Å². The standard InChI is InChI=1S/C34H42N4O4/c1-34(21-25-19-20-26(22-34)37(25)24-15-9-4-3-5-10-16-24)38-28-18-12-11-17-27(28)35-30(32(38)40)31(39)36-29(33(41)42-2)23-13-7-6-8-14-23/h6-8,11-14,17-18,24-26,29H,3-5,9-10,15-16,19-22H2,1-2H3,(H,36,39)/t25-,26+,29?,34+. The number of aromatic nitrogens is 2. The lowest BCUT2D eigenvalue weighted by molar-refractivity contribution is -0.143. The number of amides is 1. The molecule has 8 nitrogen and oxygen atoms in total. The minimum absolute atomic E-state index is 0.199. The maximum atomic E-state index is 14.3. The molecule has 1 aliphatic carbocycles. The molecule has 8 heteroatoms. The molecule has 222 valence electrons. The van der Waals surface area contributed by atoms with Crippen LogP contribution in [0.25, 0.3) is 11.0 Å². The van der Waals surface area contributed by atoms with Gasteiger partial charge in [-0.15, -0.1) is 0 Å². The number of rotatable bonds is 6. The van der Waals surface area contributed by atoms with Crippen molar-refractivity contribution in [2.45, 2.75) is 107 Å². The second kappa shape index (κ2) is 12.0. The van der Waals surface area contributed by atoms with Crippen LogP contribution in [0.5, 0.6) is 0 Å². The Balaban J connectivity index is 1.35. The highest BCUT2D eigenvalue weighted by Crippen LogP contribution is 2.47. The summed E-state index contributed by atoms with van der Waals surface area (Å²) in [4.78, 5) is 48.0. The zero-order chi connectivity index (χ0) is 29.3. The number of hydrogen-bond acceptors (Lipinski definition) is 6. The van der Waals surface area contributed by atoms with Gasteiger partial charge in [0.1, 0.15) is 0 Å². The summed E-state index contributed by atoms with van der Waals surface area (Å²) in [5, 5.41) is 2.74. The normalized spacial score (nSPS) is 25.9. The molecule has 1 aromatic heterocycles. The molecule has 1 saturated carbocycles. The fourth-order valence-electron chi connectivity index (χ4n) is 8.06. The number of benzene rings is 2. The minimum atomic E-state index is -1.05. The Kier molecular flexibility index (Phi) is 8.17. The van der Waals surface area contributed by atoms with E-state index in [2.05, 4.69) is 22.1 Å². The van der Waals surface area contributed by atoms with Gasteiger partial charge in [0.25, 0.3) is 11.5 Å². The lowest BCUT2D eigenvalue weighted by atomic mass is 9.81. The highest BCUT2D eigenvalue weighted by molar-refractivity contribution is 5.96. The van der Waals surface area contributed by atoms with Gasteiger partial charge in [-0.3, -0.25) is 19.1 Å². The summed E-state index contributed by atoms with van der Waals surface area (Å²) in [6.07, 6.45) is 13.2. The van der Waals surface area contributed by atoms with Gasteiger partial charge in [-0.25, -0.2) is 9.78 Å². The summed E-state index contributed by atoms with van der Waals surface area (Å²) in [6.45, 7) is 2.19. The van der Waals surface area contributed by atoms with Crippen LogP contribution >= 0.6 is 0 Å². The first-order chi connectivity index (χ1) is 20.4. The zero-order valence-corrected chi connectivity index (χ0v) is 24.8. The molecule has 2 aromatic carbocycles. The lowest BCUT2D eigenvalue weighted by Gasteiger charge is -2.49. The van der Waals surface area contributed by atoms with Crippen molar-refractivity contribution < 1.29 is 14.3 Å². The molecule has 1 amide bonds. The molecule has 3 fully saturated rings. The van der Waals surface area contributed by atoms with Crippen LogP contribution in [0.15, 0.2) is 59.4 Å². The van der Waals surface area contributed by atoms with Crippen molar-refractivity contribution in [3.05, 3.63) is 76.2 Å². The number of hydrogen-bond donors (Lipinski definition) is 1. The number of carbonyl (C=O) groups is 2. The molecular formula is C34H42N4O4. The maximum absolute atomic E-state index is 14.3. The van der Waals surface area contributed by atoms with Crippen LogP contribution in [-0.2, 0) is 15.1 Å². The van der Waals surface area contributed by atoms with E-state index in [9.17, 15) is 14.4 Å². The van der Waals surface area contributed by atoms with E-state index in [4.69, 9.17) is 4.74 Å². The molecule has 3 aromatic rings. The van der Waals surface area contributed by atoms with E-state index in [1.54, 1.807) is 24.3 Å². The van der Waals surface area contributed by atoms with Crippen molar-refractivity contribution in [2.75, 3.05) is 7.11 Å². The van der Waals surface area contributed by atoms with Crippen LogP contribution in [0.2, 0.25) is 0 Å². The van der Waals surface area contributed by atoms with Gasteiger partial charge < -0.3 is 10.1 Å². The maximum Gasteiger partial charge on any atom is 0.333 e. The highest BCUT2D eigenvalue weighted by Gasteiger charge is 2.49. The summed E-state index contributed by atoms with van der Waals surface area (Å²) >= 11 is 0. The predicted octanol–water partition coefficient (Wildman–Crippen LogP) is 5.50. The summed E-state index contributed by atoms with van der Waals surface area (Å²) < 4.78 is 6.83. The number of carbonyl (C=O) groups excluding carboxylic acids is 2. The fourth-order valence-corrected chi connectivity index (χ4v) is 8.06. The van der Waals surface area contributed by atoms with Crippen LogP contribution in [0, 0.1) is 0 Å². The van der Waals surface area contributed by atoms with Crippen LogP contribution in [0.3, 0.4) is 0 Å². The molecule has 6 rings (SSSR count). The molecule has 0 radical (unpaired) electrons. The van der Waals surface area contributed by atoms with Gasteiger partial charge in [-0.05, 0) is 63.1 Å². The Morgan fingerprint density at radius 2 is 1.50 bits per heavy atom. The Labute approximate surface area is 247 Å². The molecule has 3 heterocycles. The van der Waals surface area contributed by atoms with Crippen molar-refractivity contribution in [1.29, 1.82) is 0 Å². The van der Waals surface area contributed by atoms with E-state index in [1.165, 1.54) is 52.1 Å². The molecular weight excluding hydrogens is 528 g/mol. The Morgan fingerprint density at radius 1 is 0.881 bits per heavy atom. The monoisotopic (exact) mass is 570 g/mol. The Morgan fingerprint density at radius 3 is 2.17 bits per heavy atom. The van der Waals surface area contributed by atoms with Crippen molar-refractivity contribution in [1.82, 2.24) is 19.8 Å². The van der Waals surface area contributed by atoms with Gasteiger partial charge in [0.05, 0.1) is 18.1 Å². The van der Waals surface area contributed by atoms with E-state index in [-0.39, 0.29) is 5.69 Å². The zero-order valence-electron chi connectivity index (χ0n) is 24.8. The number of methoxy groups -OCH3 is 1. The molecule has 1 unspecified atom stereocenters. The smallest absolute Gasteiger partial charge is 0.333 e. The lowest BCUT2D eigenvalue weighted by Crippen LogP contribution is -2.56. The average Bonchev–Trinajstić information content (AvgIpc) is 3.26. The molecule has 2 saturated heterocycles. The number of para-hydroxylation sites is 2. The molecule has 1 N–H and O–H groups in total. The van der Waals surface area contributed by atoms with E-state index < -0.39 is 29.0 Å². The molecule has 4 atom stereocenters. The summed E-state index contributed by atoms with van der Waals surface area (Å²) in [5.74, 6) is -1.29. The minimum Gasteiger partial charge on any atom is -0.467 e. The summed E-state index contributed by atoms with van der Waals surface area (Å²) in [5.41, 5.74) is 0.836. The number of nitrogens with one attached hydrogen (secondary N) is 1. The predicted molar refractivity (Wildman–Crippen MR) is 162 cm³/mol. The van der Waals surface area contributed by atoms with Gasteiger partial charge in [0, 0.05) is 23.7 Å². The van der Waals surface area contributed by atoms with Gasteiger partial charge in [0.15, 0.2) is 11.7 Å². The number of ether oxygens (including phenoxy) is 1. The molecule has 3 aliphatic rings. The number of nitrogens with zero attached hydrogens (tertiary/aromatic N) is 3. The average molecular weight is 571 g/mol. The quantitative estimate of drug-likeness (QED) is 0.394. The third kappa shape index (κ3) is 5.37. The van der Waals surface area contributed by atoms with E-state index >= 15 is 0 Å². The summed E-state index contributed by atoms with van der Waals surface area (Å²) in [6, 6.07) is 16.9. The van der Waals surface area contributed by atoms with E-state index in [0.29, 0.717) is 29.2 Å². The third-order valence-electron chi connectivity index (χ3n) is 9.88. The van der Waals surface area contributed by atoms with Crippen LogP contribution in [0.4, 0.5) is 0 Å². The molecule has 0 spiro atoms. The van der Waals surface area contributed by atoms with Crippen molar-refractivity contribution in [3.8, 4) is 0 Å². The third-order valence-corrected chi connectivity index (χ3v) is 9.88. The van der Waals surface area contributed by atoms with Crippen molar-refractivity contribution in [3.63, 3.8) is 0 Å². The Bertz CT molecular complexity index is 1480. The highest BCUT2D eigenvalue weighted by atomic mass is 16.5. The topological polar surface area (TPSA) is 93.5 Å². The second-order valence-corrected chi connectivity index (χ2v) is 12.7. The SMILES string of the molecule is COC(=O)C(NC(=O)c1nc2ccccc2n([C@@]2(C)C[C@H]3CC[C@@H](C2)N3C2CCCCCCC2)c1=O)c1ccccc1. The number of fused-ring (bicyclic) bond motifs is 3. The molecule has 2 aliphatic heterocycles.